The molecule has 0 bridgehead atoms. The zero-order valence-electron chi connectivity index (χ0n) is 16.0. The van der Waals surface area contributed by atoms with Crippen molar-refractivity contribution in [3.05, 3.63) is 99.7 Å². The van der Waals surface area contributed by atoms with Gasteiger partial charge < -0.3 is 20.2 Å². The van der Waals surface area contributed by atoms with Gasteiger partial charge in [-0.05, 0) is 50.4 Å². The molecule has 0 radical (unpaired) electrons. The molecule has 1 aliphatic rings. The molecule has 0 saturated heterocycles. The predicted molar refractivity (Wildman–Crippen MR) is 113 cm³/mol. The number of pyridine rings is 1. The first-order valence-electron chi connectivity index (χ1n) is 9.50. The third kappa shape index (κ3) is 3.91. The first-order valence-corrected chi connectivity index (χ1v) is 9.50. The first-order chi connectivity index (χ1) is 14.6. The molecule has 4 rings (SSSR count). The van der Waals surface area contributed by atoms with E-state index in [1.165, 1.54) is 17.3 Å². The van der Waals surface area contributed by atoms with E-state index in [2.05, 4.69) is 34.6 Å². The minimum absolute atomic E-state index is 0.00302. The second-order valence-electron chi connectivity index (χ2n) is 6.78. The molecular formula is C23H19N3O4. The van der Waals surface area contributed by atoms with Gasteiger partial charge in [-0.3, -0.25) is 0 Å². The molecule has 150 valence electrons. The van der Waals surface area contributed by atoms with Crippen molar-refractivity contribution < 1.29 is 14.5 Å². The minimum Gasteiger partial charge on any atom is -0.449 e. The lowest BCUT2D eigenvalue weighted by Gasteiger charge is -2.14. The van der Waals surface area contributed by atoms with Crippen LogP contribution >= 0.6 is 0 Å². The SMILES string of the molecule is O=C(NCC=Cc1cccnc1[N+](=O)[O-])OCC1c2ccccc2-c2ccccc21. The maximum atomic E-state index is 12.1. The Labute approximate surface area is 173 Å². The van der Waals surface area contributed by atoms with Gasteiger partial charge in [-0.1, -0.05) is 54.6 Å². The van der Waals surface area contributed by atoms with Crippen molar-refractivity contribution in [2.24, 2.45) is 0 Å². The summed E-state index contributed by atoms with van der Waals surface area (Å²) in [4.78, 5) is 26.3. The average molecular weight is 401 g/mol. The molecule has 7 nitrogen and oxygen atoms in total. The van der Waals surface area contributed by atoms with Gasteiger partial charge in [0, 0.05) is 12.5 Å². The van der Waals surface area contributed by atoms with Gasteiger partial charge in [0.1, 0.15) is 12.8 Å². The summed E-state index contributed by atoms with van der Waals surface area (Å²) in [5, 5.41) is 13.6. The van der Waals surface area contributed by atoms with Gasteiger partial charge in [0.15, 0.2) is 0 Å². The number of aromatic nitrogens is 1. The van der Waals surface area contributed by atoms with Crippen molar-refractivity contribution >= 4 is 18.0 Å². The molecule has 1 aromatic heterocycles. The number of amides is 1. The van der Waals surface area contributed by atoms with Gasteiger partial charge >= 0.3 is 11.9 Å². The maximum absolute atomic E-state index is 12.1. The molecule has 0 unspecified atom stereocenters. The topological polar surface area (TPSA) is 94.4 Å². The van der Waals surface area contributed by atoms with Crippen molar-refractivity contribution in [1.82, 2.24) is 10.3 Å². The summed E-state index contributed by atoms with van der Waals surface area (Å²) in [6, 6.07) is 19.5. The zero-order chi connectivity index (χ0) is 20.9. The first kappa shape index (κ1) is 19.3. The van der Waals surface area contributed by atoms with Crippen molar-refractivity contribution in [1.29, 1.82) is 0 Å². The lowest BCUT2D eigenvalue weighted by Crippen LogP contribution is -2.26. The molecular weight excluding hydrogens is 382 g/mol. The molecule has 1 aliphatic carbocycles. The number of rotatable bonds is 6. The highest BCUT2D eigenvalue weighted by molar-refractivity contribution is 5.79. The smallest absolute Gasteiger partial charge is 0.407 e. The van der Waals surface area contributed by atoms with Gasteiger partial charge in [-0.15, -0.1) is 0 Å². The van der Waals surface area contributed by atoms with Crippen molar-refractivity contribution in [2.45, 2.75) is 5.92 Å². The Balaban J connectivity index is 1.34. The molecule has 0 atom stereocenters. The van der Waals surface area contributed by atoms with Gasteiger partial charge in [0.25, 0.3) is 0 Å². The van der Waals surface area contributed by atoms with Crippen LogP contribution in [0, 0.1) is 10.1 Å². The molecule has 2 aromatic carbocycles. The molecule has 0 aliphatic heterocycles. The van der Waals surface area contributed by atoms with E-state index in [1.807, 2.05) is 24.3 Å². The summed E-state index contributed by atoms with van der Waals surface area (Å²) >= 11 is 0. The Kier molecular flexibility index (Phi) is 5.52. The zero-order valence-corrected chi connectivity index (χ0v) is 16.0. The van der Waals surface area contributed by atoms with Crippen LogP contribution in [-0.2, 0) is 4.74 Å². The lowest BCUT2D eigenvalue weighted by molar-refractivity contribution is -0.389. The van der Waals surface area contributed by atoms with Crippen LogP contribution in [0.15, 0.2) is 72.9 Å². The summed E-state index contributed by atoms with van der Waals surface area (Å²) in [6.07, 6.45) is 3.99. The average Bonchev–Trinajstić information content (AvgIpc) is 3.09. The van der Waals surface area contributed by atoms with Crippen LogP contribution in [0.25, 0.3) is 17.2 Å². The second-order valence-corrected chi connectivity index (χ2v) is 6.78. The van der Waals surface area contributed by atoms with Crippen LogP contribution in [0.1, 0.15) is 22.6 Å². The number of alkyl carbamates (subject to hydrolysis) is 1. The molecule has 0 fully saturated rings. The molecule has 0 spiro atoms. The van der Waals surface area contributed by atoms with Crippen LogP contribution in [0.5, 0.6) is 0 Å². The Morgan fingerprint density at radius 3 is 2.40 bits per heavy atom. The van der Waals surface area contributed by atoms with Gasteiger partial charge in [-0.25, -0.2) is 4.79 Å². The van der Waals surface area contributed by atoms with Crippen LogP contribution in [0.4, 0.5) is 10.6 Å². The van der Waals surface area contributed by atoms with Gasteiger partial charge in [0.05, 0.1) is 5.56 Å². The summed E-state index contributed by atoms with van der Waals surface area (Å²) in [5.74, 6) is -0.230. The molecule has 0 saturated carbocycles. The Bertz CT molecular complexity index is 1080. The number of nitrogens with zero attached hydrogens (tertiary/aromatic N) is 2. The highest BCUT2D eigenvalue weighted by Crippen LogP contribution is 2.44. The van der Waals surface area contributed by atoms with E-state index in [-0.39, 0.29) is 24.9 Å². The number of carbonyl (C=O) groups is 1. The molecule has 1 N–H and O–H groups in total. The van der Waals surface area contributed by atoms with Gasteiger partial charge in [-0.2, -0.15) is 0 Å². The lowest BCUT2D eigenvalue weighted by atomic mass is 9.98. The number of carbonyl (C=O) groups excluding carboxylic acids is 1. The van der Waals surface area contributed by atoms with E-state index in [4.69, 9.17) is 4.74 Å². The van der Waals surface area contributed by atoms with E-state index in [1.54, 1.807) is 24.3 Å². The Hall–Kier alpha value is -4.00. The summed E-state index contributed by atoms with van der Waals surface area (Å²) in [5.41, 5.74) is 5.01. The number of fused-ring (bicyclic) bond motifs is 3. The van der Waals surface area contributed by atoms with Crippen molar-refractivity contribution in [2.75, 3.05) is 13.2 Å². The summed E-state index contributed by atoms with van der Waals surface area (Å²) < 4.78 is 5.45. The van der Waals surface area contributed by atoms with Crippen LogP contribution in [-0.4, -0.2) is 29.2 Å². The maximum Gasteiger partial charge on any atom is 0.407 e. The number of ether oxygens (including phenoxy) is 1. The van der Waals surface area contributed by atoms with E-state index in [0.717, 1.165) is 11.1 Å². The Morgan fingerprint density at radius 1 is 1.07 bits per heavy atom. The quantitative estimate of drug-likeness (QED) is 0.483. The van der Waals surface area contributed by atoms with E-state index in [9.17, 15) is 14.9 Å². The standard InChI is InChI=1S/C23H19N3O4/c27-23(25-14-6-8-16-7-5-13-24-22(16)26(28)29)30-15-21-19-11-3-1-9-17(19)18-10-2-4-12-20(18)21/h1-13,21H,14-15H2,(H,25,27). The fourth-order valence-electron chi connectivity index (χ4n) is 3.67. The Morgan fingerprint density at radius 2 is 1.73 bits per heavy atom. The largest absolute Gasteiger partial charge is 0.449 e. The highest BCUT2D eigenvalue weighted by Gasteiger charge is 2.28. The van der Waals surface area contributed by atoms with Crippen LogP contribution in [0.3, 0.4) is 0 Å². The predicted octanol–water partition coefficient (Wildman–Crippen LogP) is 4.54. The fraction of sp³-hybridized carbons (Fsp3) is 0.130. The number of benzene rings is 2. The molecule has 7 heteroatoms. The van der Waals surface area contributed by atoms with Crippen LogP contribution < -0.4 is 5.32 Å². The van der Waals surface area contributed by atoms with E-state index >= 15 is 0 Å². The monoisotopic (exact) mass is 401 g/mol. The number of nitrogens with one attached hydrogen (secondary N) is 1. The number of nitro groups is 1. The molecule has 3 aromatic rings. The number of hydrogen-bond acceptors (Lipinski definition) is 5. The van der Waals surface area contributed by atoms with Crippen molar-refractivity contribution in [3.63, 3.8) is 0 Å². The third-order valence-electron chi connectivity index (χ3n) is 5.00. The van der Waals surface area contributed by atoms with Gasteiger partial charge in [0.2, 0.25) is 0 Å². The third-order valence-corrected chi connectivity index (χ3v) is 5.00. The molecule has 1 heterocycles. The number of hydrogen-bond donors (Lipinski definition) is 1. The summed E-state index contributed by atoms with van der Waals surface area (Å²) in [7, 11) is 0. The normalized spacial score (nSPS) is 12.4. The minimum atomic E-state index is -0.543. The van der Waals surface area contributed by atoms with E-state index in [0.29, 0.717) is 5.56 Å². The van der Waals surface area contributed by atoms with E-state index < -0.39 is 11.0 Å². The summed E-state index contributed by atoms with van der Waals surface area (Å²) in [6.45, 7) is 0.417. The molecule has 1 amide bonds. The second kappa shape index (κ2) is 8.57. The fourth-order valence-corrected chi connectivity index (χ4v) is 3.67. The van der Waals surface area contributed by atoms with Crippen LogP contribution in [0.2, 0.25) is 0 Å². The molecule has 30 heavy (non-hydrogen) atoms. The van der Waals surface area contributed by atoms with Crippen molar-refractivity contribution in [3.8, 4) is 11.1 Å². The highest BCUT2D eigenvalue weighted by atomic mass is 16.6.